The van der Waals surface area contributed by atoms with Gasteiger partial charge in [-0.2, -0.15) is 10.4 Å². The second-order valence-corrected chi connectivity index (χ2v) is 18.1. The van der Waals surface area contributed by atoms with Crippen molar-refractivity contribution in [3.8, 4) is 11.8 Å². The van der Waals surface area contributed by atoms with Crippen molar-refractivity contribution in [3.63, 3.8) is 0 Å². The predicted octanol–water partition coefficient (Wildman–Crippen LogP) is 5.55. The summed E-state index contributed by atoms with van der Waals surface area (Å²) in [5, 5.41) is 20.9. The molecule has 4 fully saturated rings. The summed E-state index contributed by atoms with van der Waals surface area (Å²) in [6.45, 7) is 14.9. The van der Waals surface area contributed by atoms with Crippen LogP contribution in [0.4, 0.5) is 11.4 Å². The van der Waals surface area contributed by atoms with Crippen molar-refractivity contribution in [2.45, 2.75) is 71.6 Å². The minimum atomic E-state index is -0.790. The van der Waals surface area contributed by atoms with Gasteiger partial charge in [0.05, 0.1) is 22.2 Å². The van der Waals surface area contributed by atoms with Gasteiger partial charge in [-0.1, -0.05) is 45.4 Å². The molecule has 0 bridgehead atoms. The van der Waals surface area contributed by atoms with Gasteiger partial charge in [0.1, 0.15) is 24.0 Å². The van der Waals surface area contributed by atoms with Crippen LogP contribution >= 0.6 is 11.6 Å². The van der Waals surface area contributed by atoms with Crippen molar-refractivity contribution in [2.75, 3.05) is 55.6 Å². The van der Waals surface area contributed by atoms with Crippen LogP contribution in [-0.4, -0.2) is 90.4 Å². The molecule has 1 saturated carbocycles. The maximum absolute atomic E-state index is 13.5. The fraction of sp³-hybridized carbons (Fsp3) is 0.467. The summed E-state index contributed by atoms with van der Waals surface area (Å²) in [4.78, 5) is 58.3. The van der Waals surface area contributed by atoms with Gasteiger partial charge in [-0.15, -0.1) is 0 Å². The SMILES string of the molecule is CC1(C)[C@H](NC(=O)c2ccc(N3CCC(CN4CCN(c5cccc6c(=O)n(C7CCC(=O)NC7=O)ncc56)CC4)CC3)cc2)C(C)(C)[C@H]1Oc1ccc(C#N)c(Cl)c1. The Morgan fingerprint density at radius 2 is 1.63 bits per heavy atom. The summed E-state index contributed by atoms with van der Waals surface area (Å²) >= 11 is 6.26. The summed E-state index contributed by atoms with van der Waals surface area (Å²) in [5.74, 6) is 0.286. The lowest BCUT2D eigenvalue weighted by molar-refractivity contribution is -0.164. The van der Waals surface area contributed by atoms with E-state index >= 15 is 0 Å². The fourth-order valence-corrected chi connectivity index (χ4v) is 10.3. The number of carbonyl (C=O) groups excluding carboxylic acids is 3. The first-order valence-corrected chi connectivity index (χ1v) is 21.0. The number of fused-ring (bicyclic) bond motifs is 1. The van der Waals surface area contributed by atoms with E-state index in [-0.39, 0.29) is 53.2 Å². The Morgan fingerprint density at radius 3 is 2.29 bits per heavy atom. The molecule has 8 rings (SSSR count). The fourth-order valence-electron chi connectivity index (χ4n) is 10.1. The molecule has 1 aliphatic carbocycles. The van der Waals surface area contributed by atoms with Crippen molar-refractivity contribution in [3.05, 3.63) is 93.4 Å². The summed E-state index contributed by atoms with van der Waals surface area (Å²) in [6.07, 6.45) is 4.14. The highest BCUT2D eigenvalue weighted by Crippen LogP contribution is 2.55. The van der Waals surface area contributed by atoms with Crippen LogP contribution in [0.25, 0.3) is 10.8 Å². The van der Waals surface area contributed by atoms with Crippen molar-refractivity contribution in [1.82, 2.24) is 25.3 Å². The van der Waals surface area contributed by atoms with E-state index in [0.29, 0.717) is 33.2 Å². The number of rotatable bonds is 9. The third-order valence-electron chi connectivity index (χ3n) is 13.1. The molecule has 3 amide bonds. The van der Waals surface area contributed by atoms with Gasteiger partial charge < -0.3 is 19.9 Å². The second kappa shape index (κ2) is 16.0. The Kier molecular flexibility index (Phi) is 10.9. The van der Waals surface area contributed by atoms with E-state index in [9.17, 15) is 24.4 Å². The molecule has 13 nitrogen and oxygen atoms in total. The van der Waals surface area contributed by atoms with Gasteiger partial charge in [-0.25, -0.2) is 4.68 Å². The number of ether oxygens (including phenoxy) is 1. The van der Waals surface area contributed by atoms with E-state index in [2.05, 4.69) is 76.3 Å². The first-order chi connectivity index (χ1) is 28.2. The molecule has 4 aliphatic rings. The zero-order chi connectivity index (χ0) is 41.6. The minimum Gasteiger partial charge on any atom is -0.489 e. The zero-order valence-electron chi connectivity index (χ0n) is 34.0. The maximum Gasteiger partial charge on any atom is 0.275 e. The standard InChI is InChI=1S/C45H51ClN8O5/c1-44(2)42(45(3,4)43(44)59-32-13-10-30(25-47)35(46)24-32)50-39(56)29-8-11-31(12-9-29)52-18-16-28(17-19-52)27-51-20-22-53(23-21-51)36-7-5-6-33-34(36)26-48-54(41(33)58)37-14-15-38(55)49-40(37)57/h5-13,24,26,28,37,42-43H,14-23,27H2,1-4H3,(H,50,56)(H,49,55,57)/t37?,42-,43-. The number of imide groups is 1. The molecule has 1 unspecified atom stereocenters. The number of anilines is 2. The molecule has 3 saturated heterocycles. The molecule has 0 spiro atoms. The van der Waals surface area contributed by atoms with E-state index < -0.39 is 11.9 Å². The summed E-state index contributed by atoms with van der Waals surface area (Å²) < 4.78 is 7.61. The van der Waals surface area contributed by atoms with Gasteiger partial charge in [0, 0.05) is 97.5 Å². The van der Waals surface area contributed by atoms with Crippen LogP contribution in [0.2, 0.25) is 5.02 Å². The van der Waals surface area contributed by atoms with Gasteiger partial charge >= 0.3 is 0 Å². The number of carbonyl (C=O) groups is 3. The monoisotopic (exact) mass is 818 g/mol. The van der Waals surface area contributed by atoms with Gasteiger partial charge in [0.2, 0.25) is 5.91 Å². The van der Waals surface area contributed by atoms with Crippen LogP contribution in [0, 0.1) is 28.1 Å². The van der Waals surface area contributed by atoms with Crippen LogP contribution in [0.15, 0.2) is 71.7 Å². The van der Waals surface area contributed by atoms with Crippen LogP contribution < -0.4 is 30.7 Å². The molecule has 1 atom stereocenters. The lowest BCUT2D eigenvalue weighted by Crippen LogP contribution is -2.74. The van der Waals surface area contributed by atoms with Crippen molar-refractivity contribution >= 4 is 51.5 Å². The highest BCUT2D eigenvalue weighted by molar-refractivity contribution is 6.31. The highest BCUT2D eigenvalue weighted by atomic mass is 35.5. The first-order valence-electron chi connectivity index (χ1n) is 20.6. The van der Waals surface area contributed by atoms with Crippen LogP contribution in [0.1, 0.15) is 75.3 Å². The molecule has 4 heterocycles. The molecular formula is C45H51ClN8O5. The molecule has 4 aromatic rings. The lowest BCUT2D eigenvalue weighted by atomic mass is 9.49. The average Bonchev–Trinajstić information content (AvgIpc) is 3.23. The topological polar surface area (TPSA) is 153 Å². The third kappa shape index (κ3) is 7.76. The quantitative estimate of drug-likeness (QED) is 0.206. The van der Waals surface area contributed by atoms with E-state index in [0.717, 1.165) is 75.4 Å². The molecule has 59 heavy (non-hydrogen) atoms. The van der Waals surface area contributed by atoms with E-state index in [1.54, 1.807) is 30.5 Å². The molecule has 2 N–H and O–H groups in total. The van der Waals surface area contributed by atoms with Crippen LogP contribution in [-0.2, 0) is 9.59 Å². The Hall–Kier alpha value is -5.45. The number of halogens is 1. The summed E-state index contributed by atoms with van der Waals surface area (Å²) in [5.41, 5.74) is 2.11. The predicted molar refractivity (Wildman–Crippen MR) is 227 cm³/mol. The van der Waals surface area contributed by atoms with Crippen molar-refractivity contribution in [1.29, 1.82) is 5.26 Å². The van der Waals surface area contributed by atoms with Crippen LogP contribution in [0.5, 0.6) is 5.75 Å². The summed E-state index contributed by atoms with van der Waals surface area (Å²) in [7, 11) is 0. The number of benzene rings is 3. The van der Waals surface area contributed by atoms with Gasteiger partial charge in [0.15, 0.2) is 0 Å². The largest absolute Gasteiger partial charge is 0.489 e. The van der Waals surface area contributed by atoms with Gasteiger partial charge in [0.25, 0.3) is 17.4 Å². The van der Waals surface area contributed by atoms with Gasteiger partial charge in [-0.3, -0.25) is 29.4 Å². The van der Waals surface area contributed by atoms with E-state index in [4.69, 9.17) is 16.3 Å². The number of nitrogens with one attached hydrogen (secondary N) is 2. The highest BCUT2D eigenvalue weighted by Gasteiger charge is 2.64. The normalized spacial score (nSPS) is 23.3. The average molecular weight is 819 g/mol. The van der Waals surface area contributed by atoms with Crippen LogP contribution in [0.3, 0.4) is 0 Å². The number of amides is 3. The van der Waals surface area contributed by atoms with Crippen molar-refractivity contribution in [2.24, 2.45) is 16.7 Å². The first kappa shape index (κ1) is 40.3. The van der Waals surface area contributed by atoms with Gasteiger partial charge in [-0.05, 0) is 73.7 Å². The molecule has 14 heteroatoms. The molecule has 1 aromatic heterocycles. The Balaban J connectivity index is 0.807. The maximum atomic E-state index is 13.5. The number of nitriles is 1. The van der Waals surface area contributed by atoms with E-state index in [1.807, 2.05) is 24.3 Å². The number of piperidine rings is 2. The smallest absolute Gasteiger partial charge is 0.275 e. The zero-order valence-corrected chi connectivity index (χ0v) is 34.8. The second-order valence-electron chi connectivity index (χ2n) is 17.7. The Morgan fingerprint density at radius 1 is 0.915 bits per heavy atom. The molecule has 3 aromatic carbocycles. The Bertz CT molecular complexity index is 2360. The summed E-state index contributed by atoms with van der Waals surface area (Å²) in [6, 6.07) is 19.9. The molecule has 3 aliphatic heterocycles. The number of nitrogens with zero attached hydrogens (tertiary/aromatic N) is 6. The number of piperazine rings is 1. The molecule has 308 valence electrons. The lowest BCUT2D eigenvalue weighted by Gasteiger charge is -2.63. The number of hydrogen-bond donors (Lipinski definition) is 2. The van der Waals surface area contributed by atoms with E-state index in [1.165, 1.54) is 4.68 Å². The Labute approximate surface area is 349 Å². The molecular weight excluding hydrogens is 768 g/mol. The number of aromatic nitrogens is 2. The molecule has 0 radical (unpaired) electrons. The number of hydrogen-bond acceptors (Lipinski definition) is 10. The van der Waals surface area contributed by atoms with Crippen molar-refractivity contribution < 1.29 is 19.1 Å². The third-order valence-corrected chi connectivity index (χ3v) is 13.4. The minimum absolute atomic E-state index is 0.105.